The fourth-order valence-corrected chi connectivity index (χ4v) is 4.51. The van der Waals surface area contributed by atoms with Gasteiger partial charge in [0.05, 0.1) is 11.7 Å². The van der Waals surface area contributed by atoms with Gasteiger partial charge in [-0.05, 0) is 44.2 Å². The van der Waals surface area contributed by atoms with Gasteiger partial charge in [0.1, 0.15) is 5.69 Å². The number of aliphatic hydroxyl groups is 1. The average Bonchev–Trinajstić information content (AvgIpc) is 2.89. The number of nitrogens with zero attached hydrogens (tertiary/aromatic N) is 2. The molecule has 0 bridgehead atoms. The molecule has 1 aromatic heterocycles. The van der Waals surface area contributed by atoms with Crippen molar-refractivity contribution in [1.82, 2.24) is 9.47 Å². The van der Waals surface area contributed by atoms with Gasteiger partial charge in [0.15, 0.2) is 0 Å². The van der Waals surface area contributed by atoms with Gasteiger partial charge < -0.3 is 19.3 Å². The van der Waals surface area contributed by atoms with Gasteiger partial charge in [-0.25, -0.2) is 0 Å². The molecule has 0 aliphatic carbocycles. The van der Waals surface area contributed by atoms with Crippen molar-refractivity contribution in [2.24, 2.45) is 7.05 Å². The molecule has 2 aliphatic rings. The molecule has 25 heavy (non-hydrogen) atoms. The number of aryl methyl sites for hydroxylation is 2. The first-order valence-corrected chi connectivity index (χ1v) is 9.19. The Hall–Kier alpha value is -1.85. The smallest absolute Gasteiger partial charge is 0.270 e. The molecule has 1 N–H and O–H groups in total. The van der Waals surface area contributed by atoms with Crippen LogP contribution in [0.5, 0.6) is 0 Å². The maximum Gasteiger partial charge on any atom is 0.270 e. The third-order valence-electron chi connectivity index (χ3n) is 6.08. The van der Waals surface area contributed by atoms with E-state index in [1.54, 1.807) is 0 Å². The van der Waals surface area contributed by atoms with E-state index in [2.05, 4.69) is 12.1 Å². The van der Waals surface area contributed by atoms with Crippen molar-refractivity contribution in [3.05, 3.63) is 35.5 Å². The SMILES string of the molecule is Cc1c(C(=O)N2CCC3(CC2)OCCC[C@@H]3O)n(C)c2ccccc12. The van der Waals surface area contributed by atoms with Crippen molar-refractivity contribution in [2.45, 2.75) is 44.3 Å². The molecule has 1 amide bonds. The lowest BCUT2D eigenvalue weighted by Crippen LogP contribution is -2.56. The predicted octanol–water partition coefficient (Wildman–Crippen LogP) is 2.63. The number of benzene rings is 1. The van der Waals surface area contributed by atoms with Crippen LogP contribution in [0.15, 0.2) is 24.3 Å². The molecule has 1 aromatic carbocycles. The molecule has 134 valence electrons. The first-order chi connectivity index (χ1) is 12.0. The molecule has 2 saturated heterocycles. The van der Waals surface area contributed by atoms with E-state index in [1.165, 1.54) is 0 Å². The lowest BCUT2D eigenvalue weighted by Gasteiger charge is -2.46. The number of carbonyl (C=O) groups is 1. The number of aliphatic hydroxyl groups excluding tert-OH is 1. The normalized spacial score (nSPS) is 23.3. The first kappa shape index (κ1) is 16.6. The van der Waals surface area contributed by atoms with E-state index in [1.807, 2.05) is 35.6 Å². The van der Waals surface area contributed by atoms with E-state index in [9.17, 15) is 9.90 Å². The number of rotatable bonds is 1. The van der Waals surface area contributed by atoms with E-state index >= 15 is 0 Å². The lowest BCUT2D eigenvalue weighted by atomic mass is 9.82. The maximum absolute atomic E-state index is 13.2. The van der Waals surface area contributed by atoms with Gasteiger partial charge in [0, 0.05) is 37.6 Å². The van der Waals surface area contributed by atoms with Gasteiger partial charge in [0.25, 0.3) is 5.91 Å². The Labute approximate surface area is 148 Å². The minimum absolute atomic E-state index is 0.0800. The molecule has 2 aromatic rings. The van der Waals surface area contributed by atoms with E-state index in [-0.39, 0.29) is 5.91 Å². The minimum Gasteiger partial charge on any atom is -0.390 e. The predicted molar refractivity (Wildman–Crippen MR) is 96.7 cm³/mol. The van der Waals surface area contributed by atoms with E-state index in [4.69, 9.17) is 4.74 Å². The molecule has 3 heterocycles. The molecule has 2 fully saturated rings. The van der Waals surface area contributed by atoms with Crippen LogP contribution >= 0.6 is 0 Å². The summed E-state index contributed by atoms with van der Waals surface area (Å²) < 4.78 is 7.96. The second kappa shape index (κ2) is 6.15. The molecule has 0 unspecified atom stereocenters. The molecule has 1 atom stereocenters. The summed E-state index contributed by atoms with van der Waals surface area (Å²) in [4.78, 5) is 15.1. The number of carbonyl (C=O) groups excluding carboxylic acids is 1. The van der Waals surface area contributed by atoms with Gasteiger partial charge in [-0.1, -0.05) is 18.2 Å². The fourth-order valence-electron chi connectivity index (χ4n) is 4.51. The fraction of sp³-hybridized carbons (Fsp3) is 0.550. The van der Waals surface area contributed by atoms with Crippen molar-refractivity contribution < 1.29 is 14.6 Å². The molecule has 4 rings (SSSR count). The molecule has 2 aliphatic heterocycles. The monoisotopic (exact) mass is 342 g/mol. The second-order valence-corrected chi connectivity index (χ2v) is 7.41. The van der Waals surface area contributed by atoms with Crippen molar-refractivity contribution in [3.8, 4) is 0 Å². The largest absolute Gasteiger partial charge is 0.390 e. The molecule has 0 saturated carbocycles. The summed E-state index contributed by atoms with van der Waals surface area (Å²) >= 11 is 0. The van der Waals surface area contributed by atoms with E-state index in [0.29, 0.717) is 32.5 Å². The summed E-state index contributed by atoms with van der Waals surface area (Å²) in [5, 5.41) is 11.5. The molecule has 5 heteroatoms. The first-order valence-electron chi connectivity index (χ1n) is 9.19. The zero-order valence-electron chi connectivity index (χ0n) is 15.0. The molecular formula is C20H26N2O3. The van der Waals surface area contributed by atoms with Gasteiger partial charge in [-0.3, -0.25) is 4.79 Å². The Morgan fingerprint density at radius 2 is 2.00 bits per heavy atom. The number of aromatic nitrogens is 1. The molecular weight excluding hydrogens is 316 g/mol. The van der Waals surface area contributed by atoms with Crippen molar-refractivity contribution in [3.63, 3.8) is 0 Å². The van der Waals surface area contributed by atoms with E-state index < -0.39 is 11.7 Å². The Bertz CT molecular complexity index is 764. The van der Waals surface area contributed by atoms with Gasteiger partial charge >= 0.3 is 0 Å². The van der Waals surface area contributed by atoms with Crippen LogP contribution < -0.4 is 0 Å². The highest BCUT2D eigenvalue weighted by Gasteiger charge is 2.44. The highest BCUT2D eigenvalue weighted by molar-refractivity contribution is 6.01. The van der Waals surface area contributed by atoms with Crippen LogP contribution in [0.4, 0.5) is 0 Å². The summed E-state index contributed by atoms with van der Waals surface area (Å²) in [7, 11) is 1.96. The Morgan fingerprint density at radius 1 is 1.28 bits per heavy atom. The Balaban J connectivity index is 1.57. The summed E-state index contributed by atoms with van der Waals surface area (Å²) in [5.41, 5.74) is 2.45. The van der Waals surface area contributed by atoms with E-state index in [0.717, 1.165) is 35.0 Å². The van der Waals surface area contributed by atoms with Crippen LogP contribution in [-0.4, -0.2) is 51.9 Å². The number of fused-ring (bicyclic) bond motifs is 1. The number of likely N-dealkylation sites (tertiary alicyclic amines) is 1. The summed E-state index contributed by atoms with van der Waals surface area (Å²) in [6, 6.07) is 8.13. The summed E-state index contributed by atoms with van der Waals surface area (Å²) in [6.07, 6.45) is 2.74. The lowest BCUT2D eigenvalue weighted by molar-refractivity contribution is -0.174. The van der Waals surface area contributed by atoms with Gasteiger partial charge in [0.2, 0.25) is 0 Å². The highest BCUT2D eigenvalue weighted by Crippen LogP contribution is 2.36. The number of piperidine rings is 1. The number of hydrogen-bond acceptors (Lipinski definition) is 3. The van der Waals surface area contributed by atoms with Crippen molar-refractivity contribution in [1.29, 1.82) is 0 Å². The van der Waals surface area contributed by atoms with Crippen molar-refractivity contribution >= 4 is 16.8 Å². The minimum atomic E-state index is -0.441. The van der Waals surface area contributed by atoms with Crippen LogP contribution in [-0.2, 0) is 11.8 Å². The average molecular weight is 342 g/mol. The van der Waals surface area contributed by atoms with Crippen LogP contribution in [0.2, 0.25) is 0 Å². The van der Waals surface area contributed by atoms with Crippen LogP contribution in [0, 0.1) is 6.92 Å². The number of ether oxygens (including phenoxy) is 1. The summed E-state index contributed by atoms with van der Waals surface area (Å²) in [5.74, 6) is 0.0800. The maximum atomic E-state index is 13.2. The zero-order chi connectivity index (χ0) is 17.6. The molecule has 0 radical (unpaired) electrons. The van der Waals surface area contributed by atoms with Crippen LogP contribution in [0.1, 0.15) is 41.7 Å². The van der Waals surface area contributed by atoms with Crippen LogP contribution in [0.3, 0.4) is 0 Å². The third-order valence-corrected chi connectivity index (χ3v) is 6.08. The highest BCUT2D eigenvalue weighted by atomic mass is 16.5. The Morgan fingerprint density at radius 3 is 2.68 bits per heavy atom. The van der Waals surface area contributed by atoms with Crippen LogP contribution in [0.25, 0.3) is 10.9 Å². The van der Waals surface area contributed by atoms with Crippen molar-refractivity contribution in [2.75, 3.05) is 19.7 Å². The second-order valence-electron chi connectivity index (χ2n) is 7.41. The number of amides is 1. The topological polar surface area (TPSA) is 54.7 Å². The number of hydrogen-bond donors (Lipinski definition) is 1. The summed E-state index contributed by atoms with van der Waals surface area (Å²) in [6.45, 7) is 4.01. The van der Waals surface area contributed by atoms with Gasteiger partial charge in [-0.2, -0.15) is 0 Å². The molecule has 1 spiro atoms. The molecule has 5 nitrogen and oxygen atoms in total. The van der Waals surface area contributed by atoms with Gasteiger partial charge in [-0.15, -0.1) is 0 Å². The standard InChI is InChI=1S/C20H26N2O3/c1-14-15-6-3-4-7-16(15)21(2)18(14)19(24)22-11-9-20(10-12-22)17(23)8-5-13-25-20/h3-4,6-7,17,23H,5,8-13H2,1-2H3/t17-/m0/s1. The third kappa shape index (κ3) is 2.57. The number of para-hydroxylation sites is 1. The zero-order valence-corrected chi connectivity index (χ0v) is 15.0. The Kier molecular flexibility index (Phi) is 4.08. The quantitative estimate of drug-likeness (QED) is 0.867.